The topological polar surface area (TPSA) is 102 Å². The van der Waals surface area contributed by atoms with Crippen molar-refractivity contribution in [2.24, 2.45) is 0 Å². The van der Waals surface area contributed by atoms with E-state index in [0.29, 0.717) is 11.4 Å². The van der Waals surface area contributed by atoms with E-state index >= 15 is 0 Å². The number of amides is 2. The van der Waals surface area contributed by atoms with E-state index in [9.17, 15) is 14.0 Å². The zero-order valence-electron chi connectivity index (χ0n) is 11.3. The van der Waals surface area contributed by atoms with Crippen LogP contribution in [0.3, 0.4) is 0 Å². The van der Waals surface area contributed by atoms with Gasteiger partial charge in [0.05, 0.1) is 17.6 Å². The Bertz CT molecular complexity index is 683. The Balaban J connectivity index is 2.05. The van der Waals surface area contributed by atoms with Gasteiger partial charge in [-0.3, -0.25) is 14.3 Å². The summed E-state index contributed by atoms with van der Waals surface area (Å²) < 4.78 is 14.8. The van der Waals surface area contributed by atoms with Crippen LogP contribution in [0.1, 0.15) is 6.92 Å². The van der Waals surface area contributed by atoms with Gasteiger partial charge in [0.15, 0.2) is 0 Å². The molecule has 0 bridgehead atoms. The molecule has 8 heteroatoms. The molecule has 0 unspecified atom stereocenters. The Labute approximate surface area is 119 Å². The van der Waals surface area contributed by atoms with Gasteiger partial charge in [-0.1, -0.05) is 0 Å². The standard InChI is InChI=1S/C13H14FN5O2/c1-8(20)17-12-4-10(2-3-11(12)14)18-13(21)7-19-6-9(15)5-16-19/h2-6H,7,15H2,1H3,(H,17,20)(H,18,21). The van der Waals surface area contributed by atoms with Crippen LogP contribution in [0.15, 0.2) is 30.6 Å². The van der Waals surface area contributed by atoms with Crippen LogP contribution < -0.4 is 16.4 Å². The van der Waals surface area contributed by atoms with E-state index < -0.39 is 11.7 Å². The Morgan fingerprint density at radius 3 is 2.76 bits per heavy atom. The van der Waals surface area contributed by atoms with Gasteiger partial charge in [0.25, 0.3) is 0 Å². The molecule has 1 aromatic heterocycles. The highest BCUT2D eigenvalue weighted by atomic mass is 19.1. The molecule has 0 fully saturated rings. The van der Waals surface area contributed by atoms with Crippen molar-refractivity contribution < 1.29 is 14.0 Å². The molecule has 0 spiro atoms. The first-order valence-electron chi connectivity index (χ1n) is 6.09. The van der Waals surface area contributed by atoms with Crippen LogP contribution in [0, 0.1) is 5.82 Å². The minimum Gasteiger partial charge on any atom is -0.396 e. The van der Waals surface area contributed by atoms with E-state index in [2.05, 4.69) is 15.7 Å². The molecule has 7 nitrogen and oxygen atoms in total. The van der Waals surface area contributed by atoms with Crippen LogP contribution in [0.2, 0.25) is 0 Å². The third-order valence-electron chi connectivity index (χ3n) is 2.52. The predicted molar refractivity (Wildman–Crippen MR) is 76.0 cm³/mol. The van der Waals surface area contributed by atoms with Crippen molar-refractivity contribution in [2.75, 3.05) is 16.4 Å². The van der Waals surface area contributed by atoms with Crippen LogP contribution in [0.5, 0.6) is 0 Å². The Hall–Kier alpha value is -2.90. The van der Waals surface area contributed by atoms with Crippen molar-refractivity contribution in [3.05, 3.63) is 36.4 Å². The van der Waals surface area contributed by atoms with Crippen molar-refractivity contribution in [2.45, 2.75) is 13.5 Å². The van der Waals surface area contributed by atoms with E-state index in [-0.39, 0.29) is 18.1 Å². The summed E-state index contributed by atoms with van der Waals surface area (Å²) in [6.45, 7) is 1.25. The molecule has 2 aromatic rings. The number of rotatable bonds is 4. The molecule has 1 aromatic carbocycles. The van der Waals surface area contributed by atoms with Crippen LogP contribution in [-0.4, -0.2) is 21.6 Å². The maximum atomic E-state index is 13.5. The van der Waals surface area contributed by atoms with Gasteiger partial charge in [0, 0.05) is 18.8 Å². The quantitative estimate of drug-likeness (QED) is 0.787. The summed E-state index contributed by atoms with van der Waals surface area (Å²) in [5.41, 5.74) is 6.32. The number of nitrogens with zero attached hydrogens (tertiary/aromatic N) is 2. The minimum absolute atomic E-state index is 0.00336. The van der Waals surface area contributed by atoms with Crippen molar-refractivity contribution in [1.29, 1.82) is 0 Å². The predicted octanol–water partition coefficient (Wildman–Crippen LogP) is 1.20. The molecule has 1 heterocycles. The molecule has 110 valence electrons. The lowest BCUT2D eigenvalue weighted by molar-refractivity contribution is -0.117. The molecule has 21 heavy (non-hydrogen) atoms. The first-order chi connectivity index (χ1) is 9.94. The number of aromatic nitrogens is 2. The third-order valence-corrected chi connectivity index (χ3v) is 2.52. The summed E-state index contributed by atoms with van der Waals surface area (Å²) in [5.74, 6) is -1.33. The summed E-state index contributed by atoms with van der Waals surface area (Å²) in [6.07, 6.45) is 2.95. The van der Waals surface area contributed by atoms with Gasteiger partial charge in [-0.25, -0.2) is 4.39 Å². The lowest BCUT2D eigenvalue weighted by Crippen LogP contribution is -2.19. The maximum Gasteiger partial charge on any atom is 0.246 e. The molecule has 4 N–H and O–H groups in total. The zero-order chi connectivity index (χ0) is 15.4. The fourth-order valence-electron chi connectivity index (χ4n) is 1.70. The molecule has 0 aliphatic carbocycles. The monoisotopic (exact) mass is 291 g/mol. The second kappa shape index (κ2) is 6.04. The summed E-state index contributed by atoms with van der Waals surface area (Å²) >= 11 is 0. The molecular weight excluding hydrogens is 277 g/mol. The Kier molecular flexibility index (Phi) is 4.17. The Morgan fingerprint density at radius 2 is 2.14 bits per heavy atom. The van der Waals surface area contributed by atoms with E-state index in [0.717, 1.165) is 6.07 Å². The number of nitrogen functional groups attached to an aromatic ring is 1. The van der Waals surface area contributed by atoms with E-state index in [1.165, 1.54) is 36.1 Å². The number of carbonyl (C=O) groups excluding carboxylic acids is 2. The van der Waals surface area contributed by atoms with Crippen LogP contribution in [0.25, 0.3) is 0 Å². The number of benzene rings is 1. The normalized spacial score (nSPS) is 10.2. The van der Waals surface area contributed by atoms with Gasteiger partial charge in [0.1, 0.15) is 12.4 Å². The molecule has 0 radical (unpaired) electrons. The number of nitrogens with two attached hydrogens (primary N) is 1. The molecule has 0 saturated carbocycles. The highest BCUT2D eigenvalue weighted by Gasteiger charge is 2.08. The number of halogens is 1. The molecular formula is C13H14FN5O2. The van der Waals surface area contributed by atoms with Crippen LogP contribution in [-0.2, 0) is 16.1 Å². The van der Waals surface area contributed by atoms with Crippen molar-refractivity contribution in [3.8, 4) is 0 Å². The third kappa shape index (κ3) is 4.03. The second-order valence-electron chi connectivity index (χ2n) is 4.40. The zero-order valence-corrected chi connectivity index (χ0v) is 11.3. The second-order valence-corrected chi connectivity index (χ2v) is 4.40. The Morgan fingerprint density at radius 1 is 1.38 bits per heavy atom. The van der Waals surface area contributed by atoms with Crippen molar-refractivity contribution in [1.82, 2.24) is 9.78 Å². The van der Waals surface area contributed by atoms with Crippen molar-refractivity contribution in [3.63, 3.8) is 0 Å². The van der Waals surface area contributed by atoms with Crippen LogP contribution >= 0.6 is 0 Å². The fourth-order valence-corrected chi connectivity index (χ4v) is 1.70. The van der Waals surface area contributed by atoms with E-state index in [4.69, 9.17) is 5.73 Å². The molecule has 2 rings (SSSR count). The van der Waals surface area contributed by atoms with E-state index in [1.807, 2.05) is 0 Å². The SMILES string of the molecule is CC(=O)Nc1cc(NC(=O)Cn2cc(N)cn2)ccc1F. The van der Waals surface area contributed by atoms with Crippen LogP contribution in [0.4, 0.5) is 21.5 Å². The average Bonchev–Trinajstić information content (AvgIpc) is 2.78. The highest BCUT2D eigenvalue weighted by Crippen LogP contribution is 2.19. The van der Waals surface area contributed by atoms with Gasteiger partial charge in [-0.05, 0) is 18.2 Å². The number of anilines is 3. The summed E-state index contributed by atoms with van der Waals surface area (Å²) in [6, 6.07) is 3.90. The molecule has 0 atom stereocenters. The molecule has 0 saturated heterocycles. The number of hydrogen-bond donors (Lipinski definition) is 3. The maximum absolute atomic E-state index is 13.5. The summed E-state index contributed by atoms with van der Waals surface area (Å²) in [5, 5.41) is 8.80. The van der Waals surface area contributed by atoms with Crippen molar-refractivity contribution >= 4 is 28.9 Å². The van der Waals surface area contributed by atoms with Gasteiger partial charge in [-0.2, -0.15) is 5.10 Å². The number of carbonyl (C=O) groups is 2. The highest BCUT2D eigenvalue weighted by molar-refractivity contribution is 5.93. The summed E-state index contributed by atoms with van der Waals surface area (Å²) in [4.78, 5) is 22.8. The first kappa shape index (κ1) is 14.5. The number of hydrogen-bond acceptors (Lipinski definition) is 4. The largest absolute Gasteiger partial charge is 0.396 e. The minimum atomic E-state index is -0.581. The molecule has 2 amide bonds. The average molecular weight is 291 g/mol. The molecule has 0 aliphatic heterocycles. The van der Waals surface area contributed by atoms with Gasteiger partial charge < -0.3 is 16.4 Å². The molecule has 0 aliphatic rings. The first-order valence-corrected chi connectivity index (χ1v) is 6.09. The lowest BCUT2D eigenvalue weighted by Gasteiger charge is -2.09. The van der Waals surface area contributed by atoms with E-state index in [1.54, 1.807) is 0 Å². The summed E-state index contributed by atoms with van der Waals surface area (Å²) in [7, 11) is 0. The van der Waals surface area contributed by atoms with Gasteiger partial charge >= 0.3 is 0 Å². The smallest absolute Gasteiger partial charge is 0.246 e. The number of nitrogens with one attached hydrogen (secondary N) is 2. The lowest BCUT2D eigenvalue weighted by atomic mass is 10.2. The fraction of sp³-hybridized carbons (Fsp3) is 0.154. The van der Waals surface area contributed by atoms with Gasteiger partial charge in [-0.15, -0.1) is 0 Å². The van der Waals surface area contributed by atoms with Gasteiger partial charge in [0.2, 0.25) is 11.8 Å².